The topological polar surface area (TPSA) is 104 Å². The van der Waals surface area contributed by atoms with Crippen LogP contribution in [0.3, 0.4) is 0 Å². The Labute approximate surface area is 189 Å². The molecule has 8 nitrogen and oxygen atoms in total. The van der Waals surface area contributed by atoms with Crippen molar-refractivity contribution in [3.05, 3.63) is 0 Å². The van der Waals surface area contributed by atoms with Crippen LogP contribution in [0.5, 0.6) is 0 Å². The van der Waals surface area contributed by atoms with Gasteiger partial charge in [-0.15, -0.1) is 18.0 Å². The Morgan fingerprint density at radius 2 is 1.65 bits per heavy atom. The molecular weight excluding hydrogens is 414 g/mol. The number of aromatic nitrogens is 3. The Morgan fingerprint density at radius 3 is 2.23 bits per heavy atom. The lowest BCUT2D eigenvalue weighted by atomic mass is 9.48. The van der Waals surface area contributed by atoms with Crippen molar-refractivity contribution in [2.24, 2.45) is 23.2 Å². The van der Waals surface area contributed by atoms with Gasteiger partial charge in [0.15, 0.2) is 0 Å². The van der Waals surface area contributed by atoms with Crippen molar-refractivity contribution in [1.82, 2.24) is 20.3 Å². The smallest absolute Gasteiger partial charge is 0.234 e. The maximum absolute atomic E-state index is 11.3. The van der Waals surface area contributed by atoms with Gasteiger partial charge in [-0.25, -0.2) is 0 Å². The minimum absolute atomic E-state index is 0.0534. The monoisotopic (exact) mass is 445 g/mol. The van der Waals surface area contributed by atoms with E-state index < -0.39 is 0 Å². The largest absolute Gasteiger partial charge is 0.353 e. The zero-order chi connectivity index (χ0) is 21.8. The first-order valence-electron chi connectivity index (χ1n) is 11.3. The maximum Gasteiger partial charge on any atom is 0.234 e. The third-order valence-corrected chi connectivity index (χ3v) is 7.43. The molecule has 5 rings (SSSR count). The highest BCUT2D eigenvalue weighted by Crippen LogP contribution is 2.61. The predicted octanol–water partition coefficient (Wildman–Crippen LogP) is 2.70. The zero-order valence-electron chi connectivity index (χ0n) is 18.1. The summed E-state index contributed by atoms with van der Waals surface area (Å²) in [6.07, 6.45) is 13.6. The van der Waals surface area contributed by atoms with Crippen LogP contribution in [0.25, 0.3) is 0 Å². The summed E-state index contributed by atoms with van der Waals surface area (Å²) in [4.78, 5) is 24.8. The molecular formula is C22H32ClN7O. The number of carbonyl (C=O) groups is 1. The van der Waals surface area contributed by atoms with Gasteiger partial charge in [-0.1, -0.05) is 5.92 Å². The second kappa shape index (κ2) is 9.47. The van der Waals surface area contributed by atoms with Crippen LogP contribution < -0.4 is 21.3 Å². The Kier molecular flexibility index (Phi) is 6.71. The van der Waals surface area contributed by atoms with Gasteiger partial charge >= 0.3 is 0 Å². The second-order valence-corrected chi connectivity index (χ2v) is 9.69. The van der Waals surface area contributed by atoms with Crippen molar-refractivity contribution < 1.29 is 4.79 Å². The van der Waals surface area contributed by atoms with Crippen LogP contribution >= 0.6 is 11.6 Å². The Bertz CT molecular complexity index is 804. The predicted molar refractivity (Wildman–Crippen MR) is 123 cm³/mol. The highest BCUT2D eigenvalue weighted by Gasteiger charge is 2.53. The molecule has 1 atom stereocenters. The van der Waals surface area contributed by atoms with E-state index in [0.717, 1.165) is 17.8 Å². The maximum atomic E-state index is 11.3. The SMILES string of the molecule is C#CCNc1nc(NCCNC(=O)CCl)nc(NC(C)C23CC4CC(CC(C4)C2)C3)n1. The van der Waals surface area contributed by atoms with Gasteiger partial charge in [-0.3, -0.25) is 4.79 Å². The summed E-state index contributed by atoms with van der Waals surface area (Å²) in [7, 11) is 0. The number of carbonyl (C=O) groups excluding carboxylic acids is 1. The van der Waals surface area contributed by atoms with Crippen LogP contribution in [0.15, 0.2) is 0 Å². The lowest BCUT2D eigenvalue weighted by molar-refractivity contribution is -0.118. The molecule has 4 N–H and O–H groups in total. The van der Waals surface area contributed by atoms with Crippen LogP contribution in [-0.2, 0) is 4.79 Å². The van der Waals surface area contributed by atoms with Crippen molar-refractivity contribution in [2.45, 2.75) is 51.5 Å². The number of nitrogens with one attached hydrogen (secondary N) is 4. The number of rotatable bonds is 10. The van der Waals surface area contributed by atoms with Gasteiger partial charge in [0.05, 0.1) is 6.54 Å². The summed E-state index contributed by atoms with van der Waals surface area (Å²) in [5, 5.41) is 12.5. The number of amides is 1. The Balaban J connectivity index is 1.43. The van der Waals surface area contributed by atoms with Crippen molar-refractivity contribution in [1.29, 1.82) is 0 Å². The number of anilines is 3. The zero-order valence-corrected chi connectivity index (χ0v) is 18.8. The van der Waals surface area contributed by atoms with E-state index in [1.54, 1.807) is 0 Å². The van der Waals surface area contributed by atoms with Gasteiger partial charge in [0.1, 0.15) is 5.88 Å². The number of terminal acetylenes is 1. The molecule has 0 saturated heterocycles. The molecule has 31 heavy (non-hydrogen) atoms. The number of nitrogens with zero attached hydrogens (tertiary/aromatic N) is 3. The average Bonchev–Trinajstić information content (AvgIpc) is 2.74. The van der Waals surface area contributed by atoms with E-state index in [9.17, 15) is 4.79 Å². The molecule has 0 radical (unpaired) electrons. The van der Waals surface area contributed by atoms with Crippen molar-refractivity contribution in [3.8, 4) is 12.3 Å². The van der Waals surface area contributed by atoms with E-state index in [2.05, 4.69) is 49.1 Å². The Morgan fingerprint density at radius 1 is 1.06 bits per heavy atom. The fraction of sp³-hybridized carbons (Fsp3) is 0.727. The van der Waals surface area contributed by atoms with Crippen LogP contribution in [0.2, 0.25) is 0 Å². The van der Waals surface area contributed by atoms with E-state index >= 15 is 0 Å². The van der Waals surface area contributed by atoms with E-state index in [-0.39, 0.29) is 11.8 Å². The van der Waals surface area contributed by atoms with E-state index in [0.29, 0.717) is 48.9 Å². The fourth-order valence-electron chi connectivity index (χ4n) is 6.21. The first kappa shape index (κ1) is 21.9. The van der Waals surface area contributed by atoms with Gasteiger partial charge in [0.2, 0.25) is 23.8 Å². The molecule has 0 spiro atoms. The summed E-state index contributed by atoms with van der Waals surface area (Å²) >= 11 is 5.50. The molecule has 1 heterocycles. The minimum atomic E-state index is -0.206. The molecule has 0 aliphatic heterocycles. The van der Waals surface area contributed by atoms with Gasteiger partial charge in [-0.05, 0) is 68.6 Å². The number of alkyl halides is 1. The van der Waals surface area contributed by atoms with E-state index in [1.165, 1.54) is 38.5 Å². The van der Waals surface area contributed by atoms with Crippen LogP contribution in [0.1, 0.15) is 45.4 Å². The Hall–Kier alpha value is -2.27. The fourth-order valence-corrected chi connectivity index (χ4v) is 6.30. The molecule has 4 fully saturated rings. The van der Waals surface area contributed by atoms with Crippen LogP contribution in [0, 0.1) is 35.5 Å². The molecule has 4 aliphatic carbocycles. The number of halogens is 1. The second-order valence-electron chi connectivity index (χ2n) is 9.42. The van der Waals surface area contributed by atoms with Crippen molar-refractivity contribution in [2.75, 3.05) is 41.5 Å². The highest BCUT2D eigenvalue weighted by molar-refractivity contribution is 6.27. The van der Waals surface area contributed by atoms with Crippen molar-refractivity contribution in [3.63, 3.8) is 0 Å². The summed E-state index contributed by atoms with van der Waals surface area (Å²) < 4.78 is 0. The van der Waals surface area contributed by atoms with Gasteiger partial charge in [0, 0.05) is 19.1 Å². The molecule has 9 heteroatoms. The highest BCUT2D eigenvalue weighted by atomic mass is 35.5. The molecule has 4 saturated carbocycles. The van der Waals surface area contributed by atoms with E-state index in [4.69, 9.17) is 18.0 Å². The van der Waals surface area contributed by atoms with Crippen LogP contribution in [0.4, 0.5) is 17.8 Å². The first-order valence-corrected chi connectivity index (χ1v) is 11.8. The summed E-state index contributed by atoms with van der Waals surface area (Å²) in [6.45, 7) is 3.52. The van der Waals surface area contributed by atoms with Crippen LogP contribution in [-0.4, -0.2) is 52.4 Å². The number of hydrogen-bond acceptors (Lipinski definition) is 7. The molecule has 1 unspecified atom stereocenters. The summed E-state index contributed by atoms with van der Waals surface area (Å²) in [5.41, 5.74) is 0.340. The lowest BCUT2D eigenvalue weighted by Gasteiger charge is -2.59. The molecule has 4 bridgehead atoms. The minimum Gasteiger partial charge on any atom is -0.353 e. The molecule has 168 valence electrons. The normalized spacial score (nSPS) is 29.1. The summed E-state index contributed by atoms with van der Waals surface area (Å²) in [5.74, 6) is 6.37. The lowest BCUT2D eigenvalue weighted by Crippen LogP contribution is -2.53. The molecule has 1 aromatic rings. The third kappa shape index (κ3) is 5.15. The molecule has 0 aromatic carbocycles. The average molecular weight is 446 g/mol. The molecule has 4 aliphatic rings. The number of hydrogen-bond donors (Lipinski definition) is 4. The standard InChI is InChI=1S/C22H32ClN7O/c1-3-4-25-19-28-20(26-6-5-24-18(31)13-23)30-21(29-19)27-14(2)22-10-15-7-16(11-22)9-17(8-15)12-22/h1,14-17H,4-13H2,2H3,(H,24,31)(H3,25,26,27,28,29,30). The van der Waals surface area contributed by atoms with Gasteiger partial charge in [0.25, 0.3) is 0 Å². The summed E-state index contributed by atoms with van der Waals surface area (Å²) in [6, 6.07) is 0.291. The molecule has 1 amide bonds. The van der Waals surface area contributed by atoms with Crippen molar-refractivity contribution >= 4 is 35.4 Å². The molecule has 1 aromatic heterocycles. The quantitative estimate of drug-likeness (QED) is 0.249. The van der Waals surface area contributed by atoms with E-state index in [1.807, 2.05) is 0 Å². The van der Waals surface area contributed by atoms with Gasteiger partial charge in [-0.2, -0.15) is 15.0 Å². The van der Waals surface area contributed by atoms with Gasteiger partial charge < -0.3 is 21.3 Å². The third-order valence-electron chi connectivity index (χ3n) is 7.19. The first-order chi connectivity index (χ1) is 15.0.